The Morgan fingerprint density at radius 2 is 1.71 bits per heavy atom. The summed E-state index contributed by atoms with van der Waals surface area (Å²) in [4.78, 5) is 12.3. The van der Waals surface area contributed by atoms with Crippen LogP contribution in [0.1, 0.15) is 42.3 Å². The maximum atomic E-state index is 12.3. The lowest BCUT2D eigenvalue weighted by Crippen LogP contribution is -2.11. The highest BCUT2D eigenvalue weighted by Gasteiger charge is 2.15. The lowest BCUT2D eigenvalue weighted by Gasteiger charge is -2.19. The smallest absolute Gasteiger partial charge is 0.168 e. The Bertz CT molecular complexity index is 654. The van der Waals surface area contributed by atoms with E-state index in [0.717, 1.165) is 10.0 Å². The van der Waals surface area contributed by atoms with Crippen molar-refractivity contribution in [2.75, 3.05) is 0 Å². The minimum atomic E-state index is 0.0380. The van der Waals surface area contributed by atoms with Crippen LogP contribution in [-0.4, -0.2) is 5.78 Å². The molecule has 0 spiro atoms. The van der Waals surface area contributed by atoms with Gasteiger partial charge in [-0.15, -0.1) is 0 Å². The normalized spacial score (nSPS) is 11.5. The molecule has 3 heteroatoms. The van der Waals surface area contributed by atoms with Gasteiger partial charge in [0, 0.05) is 16.5 Å². The van der Waals surface area contributed by atoms with E-state index >= 15 is 0 Å². The van der Waals surface area contributed by atoms with Gasteiger partial charge < -0.3 is 0 Å². The highest BCUT2D eigenvalue weighted by molar-refractivity contribution is 9.10. The zero-order valence-electron chi connectivity index (χ0n) is 12.4. The molecule has 0 N–H and O–H groups in total. The molecule has 2 aromatic carbocycles. The molecule has 2 aromatic rings. The Kier molecular flexibility index (Phi) is 4.90. The number of benzene rings is 2. The third kappa shape index (κ3) is 4.18. The molecule has 0 saturated heterocycles. The summed E-state index contributed by atoms with van der Waals surface area (Å²) in [6.45, 7) is 6.53. The van der Waals surface area contributed by atoms with Gasteiger partial charge in [-0.3, -0.25) is 4.79 Å². The molecule has 0 atom stereocenters. The topological polar surface area (TPSA) is 17.1 Å². The van der Waals surface area contributed by atoms with Gasteiger partial charge >= 0.3 is 0 Å². The average molecular weight is 366 g/mol. The number of hydrogen-bond acceptors (Lipinski definition) is 1. The van der Waals surface area contributed by atoms with Crippen LogP contribution in [0.2, 0.25) is 5.02 Å². The summed E-state index contributed by atoms with van der Waals surface area (Å²) in [6.07, 6.45) is 0.367. The van der Waals surface area contributed by atoms with Crippen LogP contribution in [0.4, 0.5) is 0 Å². The Balaban J connectivity index is 2.16. The fourth-order valence-corrected chi connectivity index (χ4v) is 2.90. The van der Waals surface area contributed by atoms with Crippen LogP contribution >= 0.6 is 27.5 Å². The van der Waals surface area contributed by atoms with E-state index in [4.69, 9.17) is 11.6 Å². The maximum Gasteiger partial charge on any atom is 0.168 e. The number of hydrogen-bond donors (Lipinski definition) is 0. The monoisotopic (exact) mass is 364 g/mol. The van der Waals surface area contributed by atoms with E-state index in [9.17, 15) is 4.79 Å². The second-order valence-corrected chi connectivity index (χ2v) is 7.49. The molecule has 2 rings (SSSR count). The van der Waals surface area contributed by atoms with E-state index in [0.29, 0.717) is 17.0 Å². The van der Waals surface area contributed by atoms with Crippen molar-refractivity contribution in [3.05, 3.63) is 68.7 Å². The summed E-state index contributed by atoms with van der Waals surface area (Å²) in [5.41, 5.74) is 2.96. The predicted octanol–water partition coefficient (Wildman–Crippen LogP) is 5.83. The lowest BCUT2D eigenvalue weighted by molar-refractivity contribution is 0.0993. The van der Waals surface area contributed by atoms with Crippen LogP contribution in [0, 0.1) is 0 Å². The van der Waals surface area contributed by atoms with Gasteiger partial charge in [-0.05, 0) is 34.7 Å². The Labute approximate surface area is 139 Å². The summed E-state index contributed by atoms with van der Waals surface area (Å²) in [5, 5.41) is 0.487. The number of halogens is 2. The van der Waals surface area contributed by atoms with Crippen LogP contribution in [0.3, 0.4) is 0 Å². The first-order valence-corrected chi connectivity index (χ1v) is 8.02. The quantitative estimate of drug-likeness (QED) is 0.626. The molecule has 0 radical (unpaired) electrons. The van der Waals surface area contributed by atoms with Gasteiger partial charge in [0.2, 0.25) is 0 Å². The second-order valence-electron chi connectivity index (χ2n) is 6.17. The molecular weight excluding hydrogens is 348 g/mol. The third-order valence-electron chi connectivity index (χ3n) is 3.42. The first kappa shape index (κ1) is 16.3. The lowest BCUT2D eigenvalue weighted by atomic mass is 9.86. The van der Waals surface area contributed by atoms with E-state index in [-0.39, 0.29) is 11.2 Å². The minimum Gasteiger partial charge on any atom is -0.294 e. The molecule has 0 aliphatic heterocycles. The molecule has 1 nitrogen and oxygen atoms in total. The third-order valence-corrected chi connectivity index (χ3v) is 4.22. The molecule has 0 fully saturated rings. The van der Waals surface area contributed by atoms with Gasteiger partial charge in [0.1, 0.15) is 0 Å². The SMILES string of the molecule is CC(C)(C)c1ccc(CC(=O)c2ccc(Br)cc2Cl)cc1. The molecule has 0 heterocycles. The minimum absolute atomic E-state index is 0.0380. The van der Waals surface area contributed by atoms with Crippen LogP contribution < -0.4 is 0 Å². The summed E-state index contributed by atoms with van der Waals surface area (Å²) in [7, 11) is 0. The van der Waals surface area contributed by atoms with Crippen LogP contribution in [0.25, 0.3) is 0 Å². The van der Waals surface area contributed by atoms with Gasteiger partial charge in [-0.2, -0.15) is 0 Å². The van der Waals surface area contributed by atoms with Crippen molar-refractivity contribution in [3.8, 4) is 0 Å². The van der Waals surface area contributed by atoms with Gasteiger partial charge in [-0.25, -0.2) is 0 Å². The number of Topliss-reactive ketones (excluding diaryl/α,β-unsaturated/α-hetero) is 1. The van der Waals surface area contributed by atoms with Gasteiger partial charge in [0.15, 0.2) is 5.78 Å². The fourth-order valence-electron chi connectivity index (χ4n) is 2.12. The van der Waals surface area contributed by atoms with Crippen molar-refractivity contribution in [1.82, 2.24) is 0 Å². The van der Waals surface area contributed by atoms with Crippen molar-refractivity contribution in [2.24, 2.45) is 0 Å². The summed E-state index contributed by atoms with van der Waals surface area (Å²) >= 11 is 9.47. The zero-order chi connectivity index (χ0) is 15.6. The number of rotatable bonds is 3. The second kappa shape index (κ2) is 6.33. The van der Waals surface area contributed by atoms with Crippen molar-refractivity contribution in [2.45, 2.75) is 32.6 Å². The van der Waals surface area contributed by atoms with E-state index < -0.39 is 0 Å². The van der Waals surface area contributed by atoms with E-state index in [1.54, 1.807) is 12.1 Å². The van der Waals surface area contributed by atoms with Gasteiger partial charge in [-0.1, -0.05) is 72.6 Å². The fraction of sp³-hybridized carbons (Fsp3) is 0.278. The van der Waals surface area contributed by atoms with Crippen molar-refractivity contribution >= 4 is 33.3 Å². The van der Waals surface area contributed by atoms with Gasteiger partial charge in [0.25, 0.3) is 0 Å². The molecule has 0 aliphatic carbocycles. The highest BCUT2D eigenvalue weighted by atomic mass is 79.9. The van der Waals surface area contributed by atoms with E-state index in [1.165, 1.54) is 5.56 Å². The van der Waals surface area contributed by atoms with E-state index in [2.05, 4.69) is 48.8 Å². The van der Waals surface area contributed by atoms with E-state index in [1.807, 2.05) is 18.2 Å². The Hall–Kier alpha value is -1.12. The molecule has 21 heavy (non-hydrogen) atoms. The van der Waals surface area contributed by atoms with Crippen molar-refractivity contribution in [1.29, 1.82) is 0 Å². The van der Waals surface area contributed by atoms with Crippen LogP contribution in [0.15, 0.2) is 46.9 Å². The molecule has 110 valence electrons. The molecular formula is C18H18BrClO. The molecule has 0 bridgehead atoms. The Morgan fingerprint density at radius 1 is 1.10 bits per heavy atom. The molecule has 0 aliphatic rings. The molecule has 0 unspecified atom stereocenters. The molecule has 0 amide bonds. The highest BCUT2D eigenvalue weighted by Crippen LogP contribution is 2.24. The summed E-state index contributed by atoms with van der Waals surface area (Å²) in [6, 6.07) is 13.6. The average Bonchev–Trinajstić information content (AvgIpc) is 2.38. The number of ketones is 1. The maximum absolute atomic E-state index is 12.3. The largest absolute Gasteiger partial charge is 0.294 e. The van der Waals surface area contributed by atoms with Crippen molar-refractivity contribution < 1.29 is 4.79 Å². The standard InChI is InChI=1S/C18H18BrClO/c1-18(2,3)13-6-4-12(5-7-13)10-17(21)15-9-8-14(19)11-16(15)20/h4-9,11H,10H2,1-3H3. The number of carbonyl (C=O) groups is 1. The van der Waals surface area contributed by atoms with Crippen LogP contribution in [-0.2, 0) is 11.8 Å². The predicted molar refractivity (Wildman–Crippen MR) is 92.3 cm³/mol. The van der Waals surface area contributed by atoms with Gasteiger partial charge in [0.05, 0.1) is 5.02 Å². The zero-order valence-corrected chi connectivity index (χ0v) is 14.8. The van der Waals surface area contributed by atoms with Crippen LogP contribution in [0.5, 0.6) is 0 Å². The summed E-state index contributed by atoms with van der Waals surface area (Å²) < 4.78 is 0.874. The Morgan fingerprint density at radius 3 is 2.24 bits per heavy atom. The first-order chi connectivity index (χ1) is 9.77. The first-order valence-electron chi connectivity index (χ1n) is 6.85. The van der Waals surface area contributed by atoms with Crippen molar-refractivity contribution in [3.63, 3.8) is 0 Å². The number of carbonyl (C=O) groups excluding carboxylic acids is 1. The molecule has 0 aromatic heterocycles. The summed E-state index contributed by atoms with van der Waals surface area (Å²) in [5.74, 6) is 0.0380. The molecule has 0 saturated carbocycles.